The van der Waals surface area contributed by atoms with E-state index in [1.807, 2.05) is 5.38 Å². The Labute approximate surface area is 143 Å². The molecule has 0 aliphatic carbocycles. The Morgan fingerprint density at radius 1 is 1.21 bits per heavy atom. The molecule has 128 valence electrons. The number of hydrogen-bond donors (Lipinski definition) is 1. The first-order valence-electron chi connectivity index (χ1n) is 7.38. The van der Waals surface area contributed by atoms with Crippen molar-refractivity contribution in [3.63, 3.8) is 0 Å². The van der Waals surface area contributed by atoms with Crippen molar-refractivity contribution in [2.75, 3.05) is 25.6 Å². The number of anilines is 1. The van der Waals surface area contributed by atoms with Crippen LogP contribution < -0.4 is 10.1 Å². The highest BCUT2D eigenvalue weighted by Gasteiger charge is 2.11. The zero-order chi connectivity index (χ0) is 17.4. The van der Waals surface area contributed by atoms with Crippen molar-refractivity contribution in [1.82, 2.24) is 0 Å². The number of ketones is 1. The van der Waals surface area contributed by atoms with Crippen LogP contribution in [-0.4, -0.2) is 32.0 Å². The van der Waals surface area contributed by atoms with E-state index in [9.17, 15) is 14.0 Å². The molecule has 1 amide bonds. The number of thiophene rings is 1. The highest BCUT2D eigenvalue weighted by Crippen LogP contribution is 2.21. The molecule has 0 aliphatic heterocycles. The van der Waals surface area contributed by atoms with Crippen LogP contribution in [-0.2, 0) is 9.53 Å². The topological polar surface area (TPSA) is 64.6 Å². The third-order valence-corrected chi connectivity index (χ3v) is 4.05. The first-order chi connectivity index (χ1) is 11.6. The van der Waals surface area contributed by atoms with E-state index >= 15 is 0 Å². The first kappa shape index (κ1) is 18.1. The van der Waals surface area contributed by atoms with Crippen molar-refractivity contribution in [2.24, 2.45) is 0 Å². The van der Waals surface area contributed by atoms with Crippen molar-refractivity contribution < 1.29 is 23.5 Å². The van der Waals surface area contributed by atoms with Crippen LogP contribution >= 0.6 is 11.3 Å². The number of hydrogen-bond acceptors (Lipinski definition) is 5. The van der Waals surface area contributed by atoms with Gasteiger partial charge in [0.2, 0.25) is 5.91 Å². The second-order valence-corrected chi connectivity index (χ2v) is 5.88. The summed E-state index contributed by atoms with van der Waals surface area (Å²) in [6.45, 7) is 0.597. The standard InChI is InChI=1S/C17H18FNO4S/c1-22-8-9-23-15-6-4-12(11-13(15)18)19-17(21)7-5-14(20)16-3-2-10-24-16/h2-4,6,10-11H,5,7-9H2,1H3,(H,19,21). The number of carbonyl (C=O) groups excluding carboxylic acids is 2. The van der Waals surface area contributed by atoms with Gasteiger partial charge < -0.3 is 14.8 Å². The van der Waals surface area contributed by atoms with Crippen LogP contribution in [0.1, 0.15) is 22.5 Å². The fourth-order valence-corrected chi connectivity index (χ4v) is 2.64. The summed E-state index contributed by atoms with van der Waals surface area (Å²) in [5, 5.41) is 4.38. The van der Waals surface area contributed by atoms with Crippen LogP contribution in [0.15, 0.2) is 35.7 Å². The van der Waals surface area contributed by atoms with Crippen molar-refractivity contribution in [1.29, 1.82) is 0 Å². The normalized spacial score (nSPS) is 10.4. The maximum atomic E-state index is 13.9. The van der Waals surface area contributed by atoms with Gasteiger partial charge in [-0.3, -0.25) is 9.59 Å². The number of halogens is 1. The lowest BCUT2D eigenvalue weighted by Gasteiger charge is -2.09. The summed E-state index contributed by atoms with van der Waals surface area (Å²) >= 11 is 1.34. The average Bonchev–Trinajstić information content (AvgIpc) is 3.09. The fraction of sp³-hybridized carbons (Fsp3) is 0.294. The van der Waals surface area contributed by atoms with E-state index < -0.39 is 5.82 Å². The lowest BCUT2D eigenvalue weighted by atomic mass is 10.2. The highest BCUT2D eigenvalue weighted by molar-refractivity contribution is 7.12. The molecular weight excluding hydrogens is 333 g/mol. The Kier molecular flexibility index (Phi) is 6.89. The minimum atomic E-state index is -0.571. The molecule has 2 aromatic rings. The Hall–Kier alpha value is -2.25. The van der Waals surface area contributed by atoms with Gasteiger partial charge in [0.15, 0.2) is 17.3 Å². The summed E-state index contributed by atoms with van der Waals surface area (Å²) in [6.07, 6.45) is 0.164. The van der Waals surface area contributed by atoms with Gasteiger partial charge in [0.05, 0.1) is 11.5 Å². The number of carbonyl (C=O) groups is 2. The van der Waals surface area contributed by atoms with E-state index in [2.05, 4.69) is 5.32 Å². The second kappa shape index (κ2) is 9.14. The summed E-state index contributed by atoms with van der Waals surface area (Å²) in [7, 11) is 1.53. The molecule has 1 N–H and O–H groups in total. The number of ether oxygens (including phenoxy) is 2. The van der Waals surface area contributed by atoms with Crippen LogP contribution in [0.25, 0.3) is 0 Å². The molecule has 0 fully saturated rings. The molecule has 24 heavy (non-hydrogen) atoms. The van der Waals surface area contributed by atoms with Gasteiger partial charge in [0, 0.05) is 31.7 Å². The molecule has 0 radical (unpaired) electrons. The van der Waals surface area contributed by atoms with Gasteiger partial charge in [-0.05, 0) is 23.6 Å². The van der Waals surface area contributed by atoms with Gasteiger partial charge in [-0.1, -0.05) is 6.07 Å². The molecule has 1 heterocycles. The van der Waals surface area contributed by atoms with E-state index in [1.54, 1.807) is 18.2 Å². The number of methoxy groups -OCH3 is 1. The van der Waals surface area contributed by atoms with Gasteiger partial charge >= 0.3 is 0 Å². The zero-order valence-corrected chi connectivity index (χ0v) is 14.0. The second-order valence-electron chi connectivity index (χ2n) is 4.94. The Bertz CT molecular complexity index is 688. The molecule has 2 rings (SSSR count). The fourth-order valence-electron chi connectivity index (χ4n) is 1.94. The molecule has 0 aliphatic rings. The molecule has 0 saturated carbocycles. The monoisotopic (exact) mass is 351 g/mol. The van der Waals surface area contributed by atoms with Gasteiger partial charge in [-0.2, -0.15) is 0 Å². The summed E-state index contributed by atoms with van der Waals surface area (Å²) in [5.74, 6) is -0.892. The SMILES string of the molecule is COCCOc1ccc(NC(=O)CCC(=O)c2cccs2)cc1F. The summed E-state index contributed by atoms with van der Waals surface area (Å²) in [5.41, 5.74) is 0.320. The summed E-state index contributed by atoms with van der Waals surface area (Å²) in [6, 6.07) is 7.68. The molecule has 0 atom stereocenters. The smallest absolute Gasteiger partial charge is 0.224 e. The van der Waals surface area contributed by atoms with Gasteiger partial charge in [-0.15, -0.1) is 11.3 Å². The van der Waals surface area contributed by atoms with E-state index in [0.29, 0.717) is 17.2 Å². The molecule has 0 saturated heterocycles. The minimum absolute atomic E-state index is 0.0461. The van der Waals surface area contributed by atoms with Crippen molar-refractivity contribution in [3.8, 4) is 5.75 Å². The quantitative estimate of drug-likeness (QED) is 0.555. The maximum absolute atomic E-state index is 13.9. The van der Waals surface area contributed by atoms with E-state index in [1.165, 1.54) is 30.6 Å². The number of benzene rings is 1. The largest absolute Gasteiger partial charge is 0.488 e. The lowest BCUT2D eigenvalue weighted by molar-refractivity contribution is -0.116. The van der Waals surface area contributed by atoms with Gasteiger partial charge in [0.25, 0.3) is 0 Å². The maximum Gasteiger partial charge on any atom is 0.224 e. The predicted octanol–water partition coefficient (Wildman–Crippen LogP) is 3.51. The Balaban J connectivity index is 1.83. The van der Waals surface area contributed by atoms with Crippen LogP contribution in [0.4, 0.5) is 10.1 Å². The summed E-state index contributed by atoms with van der Waals surface area (Å²) in [4.78, 5) is 24.3. The Morgan fingerprint density at radius 2 is 2.04 bits per heavy atom. The van der Waals surface area contributed by atoms with E-state index in [-0.39, 0.29) is 36.9 Å². The molecule has 0 bridgehead atoms. The summed E-state index contributed by atoms with van der Waals surface area (Å²) < 4.78 is 23.9. The van der Waals surface area contributed by atoms with Crippen LogP contribution in [0.5, 0.6) is 5.75 Å². The van der Waals surface area contributed by atoms with Gasteiger partial charge in [-0.25, -0.2) is 4.39 Å². The van der Waals surface area contributed by atoms with Gasteiger partial charge in [0.1, 0.15) is 6.61 Å². The van der Waals surface area contributed by atoms with E-state index in [4.69, 9.17) is 9.47 Å². The Morgan fingerprint density at radius 3 is 2.71 bits per heavy atom. The van der Waals surface area contributed by atoms with Crippen molar-refractivity contribution in [3.05, 3.63) is 46.4 Å². The van der Waals surface area contributed by atoms with Crippen LogP contribution in [0, 0.1) is 5.82 Å². The third-order valence-electron chi connectivity index (χ3n) is 3.14. The van der Waals surface area contributed by atoms with Crippen molar-refractivity contribution >= 4 is 28.7 Å². The lowest BCUT2D eigenvalue weighted by Crippen LogP contribution is -2.13. The minimum Gasteiger partial charge on any atom is -0.488 e. The number of nitrogens with one attached hydrogen (secondary N) is 1. The molecule has 5 nitrogen and oxygen atoms in total. The highest BCUT2D eigenvalue weighted by atomic mass is 32.1. The average molecular weight is 351 g/mol. The third kappa shape index (κ3) is 5.43. The first-order valence-corrected chi connectivity index (χ1v) is 8.26. The molecule has 7 heteroatoms. The van der Waals surface area contributed by atoms with Crippen molar-refractivity contribution in [2.45, 2.75) is 12.8 Å². The molecule has 0 spiro atoms. The molecule has 0 unspecified atom stereocenters. The molecule has 1 aromatic heterocycles. The predicted molar refractivity (Wildman–Crippen MR) is 90.3 cm³/mol. The number of amides is 1. The van der Waals surface area contributed by atoms with E-state index in [0.717, 1.165) is 0 Å². The van der Waals surface area contributed by atoms with Crippen LogP contribution in [0.3, 0.4) is 0 Å². The number of rotatable bonds is 9. The van der Waals surface area contributed by atoms with Crippen LogP contribution in [0.2, 0.25) is 0 Å². The molecule has 1 aromatic carbocycles. The molecular formula is C17H18FNO4S. The number of Topliss-reactive ketones (excluding diaryl/α,β-unsaturated/α-hetero) is 1. The zero-order valence-electron chi connectivity index (χ0n) is 13.2.